The zero-order valence-electron chi connectivity index (χ0n) is 15.8. The molecule has 0 saturated heterocycles. The Morgan fingerprint density at radius 3 is 1.71 bits per heavy atom. The molecule has 1 aliphatic rings. The van der Waals surface area contributed by atoms with Gasteiger partial charge in [0, 0.05) is 5.56 Å². The molecule has 1 aliphatic heterocycles. The number of fused-ring (bicyclic) bond motifs is 1. The molecule has 0 aromatic heterocycles. The highest BCUT2D eigenvalue weighted by Crippen LogP contribution is 2.72. The quantitative estimate of drug-likeness (QED) is 0.469. The fourth-order valence-corrected chi connectivity index (χ4v) is 7.17. The maximum atomic E-state index is 13.9. The summed E-state index contributed by atoms with van der Waals surface area (Å²) < 4.78 is 129. The van der Waals surface area contributed by atoms with Crippen molar-refractivity contribution in [2.45, 2.75) is 36.7 Å². The van der Waals surface area contributed by atoms with Crippen LogP contribution in [0.15, 0.2) is 48.5 Å². The second-order valence-corrected chi connectivity index (χ2v) is 10.3. The smallest absolute Gasteiger partial charge is 0.376 e. The Hall–Kier alpha value is -1.84. The van der Waals surface area contributed by atoms with Gasteiger partial charge in [-0.15, -0.1) is 0 Å². The second kappa shape index (κ2) is 6.83. The summed E-state index contributed by atoms with van der Waals surface area (Å²) in [5, 5.41) is 9.09. The highest BCUT2D eigenvalue weighted by Gasteiger charge is 2.83. The summed E-state index contributed by atoms with van der Waals surface area (Å²) in [7, 11) is -4.18. The first-order valence-electron chi connectivity index (χ1n) is 8.61. The summed E-state index contributed by atoms with van der Waals surface area (Å²) in [6, 6.07) is 7.71. The molecular weight excluding hydrogens is 462 g/mol. The third kappa shape index (κ3) is 3.24. The first-order chi connectivity index (χ1) is 13.9. The van der Waals surface area contributed by atoms with Crippen LogP contribution in [0.4, 0.5) is 39.5 Å². The van der Waals surface area contributed by atoms with E-state index in [1.807, 2.05) is 0 Å². The maximum absolute atomic E-state index is 13.9. The van der Waals surface area contributed by atoms with Gasteiger partial charge in [-0.25, -0.2) is 0 Å². The zero-order valence-corrected chi connectivity index (χ0v) is 16.7. The van der Waals surface area contributed by atoms with Crippen LogP contribution in [0, 0.1) is 0 Å². The van der Waals surface area contributed by atoms with Crippen LogP contribution < -0.4 is 10.6 Å². The molecule has 1 N–H and O–H groups in total. The van der Waals surface area contributed by atoms with Crippen molar-refractivity contribution in [2.75, 3.05) is 6.66 Å². The van der Waals surface area contributed by atoms with E-state index in [2.05, 4.69) is 0 Å². The third-order valence-electron chi connectivity index (χ3n) is 5.30. The number of halogens is 9. The summed E-state index contributed by atoms with van der Waals surface area (Å²) in [6.45, 7) is 1.30. The lowest BCUT2D eigenvalue weighted by molar-refractivity contribution is -0.361. The van der Waals surface area contributed by atoms with Crippen molar-refractivity contribution < 1.29 is 49.1 Å². The molecule has 170 valence electrons. The van der Waals surface area contributed by atoms with Crippen LogP contribution >= 0.6 is 7.49 Å². The van der Waals surface area contributed by atoms with E-state index in [4.69, 9.17) is 4.52 Å². The van der Waals surface area contributed by atoms with Gasteiger partial charge in [-0.1, -0.05) is 36.4 Å². The first-order valence-corrected chi connectivity index (χ1v) is 10.8. The molecule has 2 aromatic carbocycles. The molecule has 0 radical (unpaired) electrons. The molecule has 2 aromatic rings. The van der Waals surface area contributed by atoms with E-state index in [0.29, 0.717) is 13.0 Å². The minimum atomic E-state index is -5.96. The normalized spacial score (nSPS) is 23.4. The number of aliphatic hydroxyl groups is 1. The number of rotatable bonds is 2. The van der Waals surface area contributed by atoms with Gasteiger partial charge in [-0.2, -0.15) is 44.0 Å². The molecule has 3 rings (SSSR count). The van der Waals surface area contributed by atoms with Crippen molar-refractivity contribution in [1.29, 1.82) is 0 Å². The molecule has 12 heteroatoms. The van der Waals surface area contributed by atoms with Gasteiger partial charge < -0.3 is 5.11 Å². The summed E-state index contributed by atoms with van der Waals surface area (Å²) in [4.78, 5) is 0. The minimum absolute atomic E-state index is 0.376. The molecule has 0 bridgehead atoms. The monoisotopic (exact) mass is 477 g/mol. The van der Waals surface area contributed by atoms with E-state index in [1.165, 1.54) is 6.07 Å². The van der Waals surface area contributed by atoms with Crippen molar-refractivity contribution in [3.05, 3.63) is 59.7 Å². The number of hydrogen-bond donors (Lipinski definition) is 1. The average Bonchev–Trinajstić information content (AvgIpc) is 2.92. The van der Waals surface area contributed by atoms with E-state index >= 15 is 0 Å². The van der Waals surface area contributed by atoms with Gasteiger partial charge in [0.2, 0.25) is 7.49 Å². The minimum Gasteiger partial charge on any atom is -0.376 e. The average molecular weight is 477 g/mol. The van der Waals surface area contributed by atoms with Crippen molar-refractivity contribution >= 4 is 18.1 Å². The van der Waals surface area contributed by atoms with Gasteiger partial charge in [-0.3, -0.25) is 0 Å². The van der Waals surface area contributed by atoms with Crippen molar-refractivity contribution in [3.63, 3.8) is 0 Å². The van der Waals surface area contributed by atoms with Gasteiger partial charge >= 0.3 is 24.1 Å². The fraction of sp³-hybridized carbons (Fsp3) is 0.368. The van der Waals surface area contributed by atoms with Gasteiger partial charge in [0.25, 0.3) is 0 Å². The van der Waals surface area contributed by atoms with E-state index in [1.54, 1.807) is 0 Å². The van der Waals surface area contributed by atoms with Gasteiger partial charge in [0.05, 0.1) is 12.2 Å². The molecule has 0 aliphatic carbocycles. The van der Waals surface area contributed by atoms with E-state index in [9.17, 15) is 44.6 Å². The number of alkyl halides is 9. The largest absolute Gasteiger partial charge is 0.435 e. The SMILES string of the molecule is CC(O)(c1ccccc1[P+]1(C)OC(C(F)(F)F)(C(F)(F)F)c2ccccc21)C(F)(F)F. The Balaban J connectivity index is 2.39. The van der Waals surface area contributed by atoms with Gasteiger partial charge in [-0.05, 0) is 19.1 Å². The van der Waals surface area contributed by atoms with Gasteiger partial charge in [0.15, 0.2) is 5.60 Å². The van der Waals surface area contributed by atoms with Crippen LogP contribution in [0.2, 0.25) is 0 Å². The zero-order chi connectivity index (χ0) is 23.7. The lowest BCUT2D eigenvalue weighted by Crippen LogP contribution is -2.54. The van der Waals surface area contributed by atoms with Crippen molar-refractivity contribution in [3.8, 4) is 0 Å². The Morgan fingerprint density at radius 2 is 1.23 bits per heavy atom. The molecule has 1 heterocycles. The van der Waals surface area contributed by atoms with Crippen LogP contribution in [0.5, 0.6) is 0 Å². The predicted molar refractivity (Wildman–Crippen MR) is 95.5 cm³/mol. The molecule has 31 heavy (non-hydrogen) atoms. The molecule has 2 atom stereocenters. The Labute approximate surface area is 171 Å². The van der Waals surface area contributed by atoms with Crippen LogP contribution in [0.25, 0.3) is 0 Å². The Morgan fingerprint density at radius 1 is 0.774 bits per heavy atom. The first kappa shape index (κ1) is 23.8. The molecule has 2 unspecified atom stereocenters. The summed E-state index contributed by atoms with van der Waals surface area (Å²) >= 11 is 0. The van der Waals surface area contributed by atoms with Gasteiger partial charge in [0.1, 0.15) is 10.6 Å². The second-order valence-electron chi connectivity index (χ2n) is 7.30. The predicted octanol–water partition coefficient (Wildman–Crippen LogP) is 5.32. The molecule has 0 saturated carbocycles. The molecule has 0 fully saturated rings. The van der Waals surface area contributed by atoms with Crippen molar-refractivity contribution in [2.24, 2.45) is 0 Å². The standard InChI is InChI=1S/C19H15F9O2P/c1-15(29,17(20,21)22)11-7-3-5-9-13(11)31(2)14-10-6-4-8-12(14)16(30-31,18(23,24)25)19(26,27)28/h3-10,29H,1-2H3/q+1. The van der Waals surface area contributed by atoms with E-state index < -0.39 is 59.0 Å². The molecule has 0 amide bonds. The summed E-state index contributed by atoms with van der Waals surface area (Å²) in [5.41, 5.74) is -10.4. The van der Waals surface area contributed by atoms with Crippen molar-refractivity contribution in [1.82, 2.24) is 0 Å². The fourth-order valence-electron chi connectivity index (χ4n) is 3.67. The Kier molecular flexibility index (Phi) is 5.24. The highest BCUT2D eigenvalue weighted by molar-refractivity contribution is 7.85. The maximum Gasteiger partial charge on any atom is 0.435 e. The van der Waals surface area contributed by atoms with Crippen LogP contribution in [0.1, 0.15) is 18.1 Å². The van der Waals surface area contributed by atoms with E-state index in [0.717, 1.165) is 43.1 Å². The molecule has 2 nitrogen and oxygen atoms in total. The summed E-state index contributed by atoms with van der Waals surface area (Å²) in [6.07, 6.45) is -17.2. The van der Waals surface area contributed by atoms with Crippen LogP contribution in [-0.4, -0.2) is 30.3 Å². The number of benzene rings is 2. The van der Waals surface area contributed by atoms with Crippen LogP contribution in [-0.2, 0) is 15.7 Å². The third-order valence-corrected chi connectivity index (χ3v) is 8.56. The number of hydrogen-bond acceptors (Lipinski definition) is 2. The molecule has 0 spiro atoms. The lowest BCUT2D eigenvalue weighted by atomic mass is 9.92. The molecular formula is C19H15F9O2P+. The Bertz CT molecular complexity index is 981. The highest BCUT2D eigenvalue weighted by atomic mass is 31.2. The van der Waals surface area contributed by atoms with Crippen LogP contribution in [0.3, 0.4) is 0 Å². The summed E-state index contributed by atoms with van der Waals surface area (Å²) in [5.74, 6) is 0. The topological polar surface area (TPSA) is 29.5 Å². The lowest BCUT2D eigenvalue weighted by Gasteiger charge is -2.33. The van der Waals surface area contributed by atoms with E-state index in [-0.39, 0.29) is 0 Å².